The Hall–Kier alpha value is -1.11. The van der Waals surface area contributed by atoms with Crippen molar-refractivity contribution in [2.75, 3.05) is 26.2 Å². The minimum Gasteiger partial charge on any atom is -0.377 e. The van der Waals surface area contributed by atoms with Gasteiger partial charge in [-0.1, -0.05) is 0 Å². The third-order valence-electron chi connectivity index (χ3n) is 3.54. The number of halogens is 3. The monoisotopic (exact) mass is 288 g/mol. The summed E-state index contributed by atoms with van der Waals surface area (Å²) >= 11 is 0. The fraction of sp³-hybridized carbons (Fsp3) is 0.571. The molecule has 1 saturated heterocycles. The van der Waals surface area contributed by atoms with E-state index in [-0.39, 0.29) is 18.7 Å². The Morgan fingerprint density at radius 3 is 2.60 bits per heavy atom. The summed E-state index contributed by atoms with van der Waals surface area (Å²) in [5.41, 5.74) is 6.11. The van der Waals surface area contributed by atoms with Gasteiger partial charge in [0.05, 0.1) is 6.10 Å². The second-order valence-corrected chi connectivity index (χ2v) is 5.08. The molecule has 0 saturated carbocycles. The molecular formula is C14H19F3N2O. The first-order chi connectivity index (χ1) is 9.52. The van der Waals surface area contributed by atoms with Gasteiger partial charge in [0.25, 0.3) is 0 Å². The van der Waals surface area contributed by atoms with Gasteiger partial charge in [0.2, 0.25) is 0 Å². The van der Waals surface area contributed by atoms with Crippen molar-refractivity contribution in [3.63, 3.8) is 0 Å². The summed E-state index contributed by atoms with van der Waals surface area (Å²) in [6.45, 7) is 4.16. The van der Waals surface area contributed by atoms with Gasteiger partial charge in [-0.25, -0.2) is 13.2 Å². The van der Waals surface area contributed by atoms with Crippen molar-refractivity contribution in [1.82, 2.24) is 4.90 Å². The van der Waals surface area contributed by atoms with E-state index in [9.17, 15) is 13.2 Å². The van der Waals surface area contributed by atoms with Crippen LogP contribution < -0.4 is 5.73 Å². The molecule has 20 heavy (non-hydrogen) atoms. The molecule has 3 nitrogen and oxygen atoms in total. The highest BCUT2D eigenvalue weighted by Gasteiger charge is 2.25. The maximum Gasteiger partial charge on any atom is 0.194 e. The molecule has 1 aromatic rings. The van der Waals surface area contributed by atoms with E-state index >= 15 is 0 Å². The normalized spacial score (nSPS) is 22.6. The molecule has 1 aliphatic rings. The zero-order chi connectivity index (χ0) is 14.7. The van der Waals surface area contributed by atoms with Crippen molar-refractivity contribution in [3.8, 4) is 0 Å². The van der Waals surface area contributed by atoms with E-state index in [1.165, 1.54) is 0 Å². The van der Waals surface area contributed by atoms with E-state index in [0.29, 0.717) is 18.7 Å². The molecule has 0 radical (unpaired) electrons. The van der Waals surface area contributed by atoms with E-state index in [1.807, 2.05) is 11.8 Å². The molecule has 0 bridgehead atoms. The third-order valence-corrected chi connectivity index (χ3v) is 3.54. The summed E-state index contributed by atoms with van der Waals surface area (Å²) in [7, 11) is 0. The highest BCUT2D eigenvalue weighted by molar-refractivity contribution is 5.23. The Bertz CT molecular complexity index is 447. The third kappa shape index (κ3) is 3.31. The summed E-state index contributed by atoms with van der Waals surface area (Å²) in [5.74, 6) is -3.81. The molecule has 1 heterocycles. The van der Waals surface area contributed by atoms with Gasteiger partial charge in [-0.2, -0.15) is 0 Å². The fourth-order valence-electron chi connectivity index (χ4n) is 2.57. The van der Waals surface area contributed by atoms with Crippen LogP contribution in [-0.2, 0) is 4.74 Å². The Morgan fingerprint density at radius 1 is 1.35 bits per heavy atom. The van der Waals surface area contributed by atoms with Crippen LogP contribution in [0, 0.1) is 17.5 Å². The molecule has 112 valence electrons. The highest BCUT2D eigenvalue weighted by atomic mass is 19.2. The van der Waals surface area contributed by atoms with E-state index < -0.39 is 17.5 Å². The summed E-state index contributed by atoms with van der Waals surface area (Å²) in [5, 5.41) is 0. The molecule has 0 aromatic heterocycles. The van der Waals surface area contributed by atoms with Gasteiger partial charge in [0.1, 0.15) is 0 Å². The Labute approximate surface area is 116 Å². The van der Waals surface area contributed by atoms with Crippen LogP contribution in [0.5, 0.6) is 0 Å². The molecular weight excluding hydrogens is 269 g/mol. The molecule has 0 spiro atoms. The molecule has 0 amide bonds. The number of hydrogen-bond donors (Lipinski definition) is 1. The van der Waals surface area contributed by atoms with Crippen LogP contribution in [0.1, 0.15) is 24.9 Å². The van der Waals surface area contributed by atoms with Crippen molar-refractivity contribution in [1.29, 1.82) is 0 Å². The molecule has 1 aliphatic heterocycles. The summed E-state index contributed by atoms with van der Waals surface area (Å²) in [4.78, 5) is 2.03. The van der Waals surface area contributed by atoms with Crippen molar-refractivity contribution in [2.45, 2.75) is 25.5 Å². The van der Waals surface area contributed by atoms with Gasteiger partial charge in [-0.3, -0.25) is 4.90 Å². The average Bonchev–Trinajstić information content (AvgIpc) is 2.61. The summed E-state index contributed by atoms with van der Waals surface area (Å²) in [6, 6.07) is 1.70. The molecule has 1 fully saturated rings. The maximum absolute atomic E-state index is 13.4. The standard InChI is InChI=1S/C14H19F3N2O/c1-9-8-19(3-2-4-20-9)13(7-18)10-5-11(15)14(17)12(16)6-10/h5-6,9,13H,2-4,7-8,18H2,1H3. The molecule has 1 aromatic carbocycles. The van der Waals surface area contributed by atoms with Crippen molar-refractivity contribution in [3.05, 3.63) is 35.1 Å². The first-order valence-corrected chi connectivity index (χ1v) is 6.73. The number of nitrogens with two attached hydrogens (primary N) is 1. The molecule has 2 unspecified atom stereocenters. The van der Waals surface area contributed by atoms with Crippen LogP contribution in [0.2, 0.25) is 0 Å². The van der Waals surface area contributed by atoms with Gasteiger partial charge < -0.3 is 10.5 Å². The minimum atomic E-state index is -1.45. The van der Waals surface area contributed by atoms with Crippen molar-refractivity contribution in [2.24, 2.45) is 5.73 Å². The SMILES string of the molecule is CC1CN(C(CN)c2cc(F)c(F)c(F)c2)CCCO1. The van der Waals surface area contributed by atoms with Gasteiger partial charge in [-0.05, 0) is 31.0 Å². The number of ether oxygens (including phenoxy) is 1. The quantitative estimate of drug-likeness (QED) is 0.867. The highest BCUT2D eigenvalue weighted by Crippen LogP contribution is 2.25. The van der Waals surface area contributed by atoms with Crippen molar-refractivity contribution < 1.29 is 17.9 Å². The zero-order valence-electron chi connectivity index (χ0n) is 11.4. The van der Waals surface area contributed by atoms with Gasteiger partial charge in [-0.15, -0.1) is 0 Å². The van der Waals surface area contributed by atoms with E-state index in [0.717, 1.165) is 25.1 Å². The Balaban J connectivity index is 2.27. The van der Waals surface area contributed by atoms with Crippen molar-refractivity contribution >= 4 is 0 Å². The van der Waals surface area contributed by atoms with Crippen LogP contribution in [0.3, 0.4) is 0 Å². The molecule has 2 N–H and O–H groups in total. The number of nitrogens with zero attached hydrogens (tertiary/aromatic N) is 1. The predicted molar refractivity (Wildman–Crippen MR) is 69.7 cm³/mol. The molecule has 6 heteroatoms. The second kappa shape index (κ2) is 6.56. The van der Waals surface area contributed by atoms with Crippen LogP contribution in [0.25, 0.3) is 0 Å². The lowest BCUT2D eigenvalue weighted by Crippen LogP contribution is -2.37. The fourth-order valence-corrected chi connectivity index (χ4v) is 2.57. The van der Waals surface area contributed by atoms with Gasteiger partial charge in [0.15, 0.2) is 17.5 Å². The largest absolute Gasteiger partial charge is 0.377 e. The Morgan fingerprint density at radius 2 is 2.00 bits per heavy atom. The van der Waals surface area contributed by atoms with E-state index in [2.05, 4.69) is 0 Å². The summed E-state index contributed by atoms with van der Waals surface area (Å²) < 4.78 is 45.3. The molecule has 2 atom stereocenters. The summed E-state index contributed by atoms with van der Waals surface area (Å²) in [6.07, 6.45) is 0.856. The average molecular weight is 288 g/mol. The minimum absolute atomic E-state index is 0.0293. The van der Waals surface area contributed by atoms with E-state index in [1.54, 1.807) is 0 Å². The first-order valence-electron chi connectivity index (χ1n) is 6.73. The lowest BCUT2D eigenvalue weighted by atomic mass is 10.0. The van der Waals surface area contributed by atoms with Crippen LogP contribution in [-0.4, -0.2) is 37.2 Å². The number of rotatable bonds is 3. The first kappa shape index (κ1) is 15.3. The second-order valence-electron chi connectivity index (χ2n) is 5.08. The lowest BCUT2D eigenvalue weighted by molar-refractivity contribution is 0.0611. The van der Waals surface area contributed by atoms with Gasteiger partial charge in [0, 0.05) is 32.3 Å². The zero-order valence-corrected chi connectivity index (χ0v) is 11.4. The van der Waals surface area contributed by atoms with E-state index in [4.69, 9.17) is 10.5 Å². The number of hydrogen-bond acceptors (Lipinski definition) is 3. The molecule has 2 rings (SSSR count). The smallest absolute Gasteiger partial charge is 0.194 e. The topological polar surface area (TPSA) is 38.5 Å². The lowest BCUT2D eigenvalue weighted by Gasteiger charge is -2.31. The predicted octanol–water partition coefficient (Wildman–Crippen LogP) is 2.21. The molecule has 0 aliphatic carbocycles. The van der Waals surface area contributed by atoms with Gasteiger partial charge >= 0.3 is 0 Å². The Kier molecular flexibility index (Phi) is 5.01. The maximum atomic E-state index is 13.4. The van der Waals surface area contributed by atoms with Crippen LogP contribution >= 0.6 is 0 Å². The number of benzene rings is 1. The van der Waals surface area contributed by atoms with Crippen LogP contribution in [0.15, 0.2) is 12.1 Å². The van der Waals surface area contributed by atoms with Crippen LogP contribution in [0.4, 0.5) is 13.2 Å².